The topological polar surface area (TPSA) is 97.8 Å². The molecule has 30 heavy (non-hydrogen) atoms. The first-order valence-corrected chi connectivity index (χ1v) is 9.76. The van der Waals surface area contributed by atoms with Gasteiger partial charge >= 0.3 is 0 Å². The second-order valence-corrected chi connectivity index (χ2v) is 7.15. The third-order valence-electron chi connectivity index (χ3n) is 5.42. The van der Waals surface area contributed by atoms with Gasteiger partial charge in [0.15, 0.2) is 0 Å². The molecule has 0 radical (unpaired) electrons. The predicted octanol–water partition coefficient (Wildman–Crippen LogP) is 3.54. The minimum absolute atomic E-state index is 0.00325. The molecule has 1 aliphatic rings. The molecule has 0 amide bonds. The number of anilines is 1. The van der Waals surface area contributed by atoms with Crippen molar-refractivity contribution in [2.75, 3.05) is 38.2 Å². The quantitative estimate of drug-likeness (QED) is 0.450. The van der Waals surface area contributed by atoms with E-state index in [1.54, 1.807) is 31.4 Å². The van der Waals surface area contributed by atoms with Crippen molar-refractivity contribution in [3.8, 4) is 17.2 Å². The largest absolute Gasteiger partial charge is 0.497 e. The molecule has 0 unspecified atom stereocenters. The highest BCUT2D eigenvalue weighted by Gasteiger charge is 2.26. The Bertz CT molecular complexity index is 995. The van der Waals surface area contributed by atoms with E-state index in [1.807, 2.05) is 24.3 Å². The molecule has 0 N–H and O–H groups in total. The van der Waals surface area contributed by atoms with E-state index in [-0.39, 0.29) is 16.7 Å². The molecule has 1 aromatic heterocycles. The lowest BCUT2D eigenvalue weighted by Crippen LogP contribution is -2.47. The molecule has 0 saturated carbocycles. The van der Waals surface area contributed by atoms with Gasteiger partial charge in [0.1, 0.15) is 5.75 Å². The lowest BCUT2D eigenvalue weighted by molar-refractivity contribution is -0.384. The highest BCUT2D eigenvalue weighted by atomic mass is 16.6. The van der Waals surface area contributed by atoms with Crippen molar-refractivity contribution >= 4 is 11.4 Å². The van der Waals surface area contributed by atoms with E-state index in [0.29, 0.717) is 11.8 Å². The van der Waals surface area contributed by atoms with Crippen LogP contribution in [0, 0.1) is 10.1 Å². The summed E-state index contributed by atoms with van der Waals surface area (Å²) in [5.41, 5.74) is 1.95. The molecule has 156 valence electrons. The third-order valence-corrected chi connectivity index (χ3v) is 5.42. The summed E-state index contributed by atoms with van der Waals surface area (Å²) in [6.07, 6.45) is 0. The average Bonchev–Trinajstić information content (AvgIpc) is 3.29. The van der Waals surface area contributed by atoms with Crippen LogP contribution in [0.3, 0.4) is 0 Å². The molecule has 1 aliphatic heterocycles. The van der Waals surface area contributed by atoms with Crippen LogP contribution in [-0.2, 0) is 0 Å². The molecule has 1 fully saturated rings. The van der Waals surface area contributed by atoms with Crippen molar-refractivity contribution in [1.82, 2.24) is 15.1 Å². The Balaban J connectivity index is 1.37. The Labute approximate surface area is 174 Å². The van der Waals surface area contributed by atoms with Crippen LogP contribution >= 0.6 is 0 Å². The third kappa shape index (κ3) is 4.11. The fraction of sp³-hybridized carbons (Fsp3) is 0.333. The Morgan fingerprint density at radius 2 is 1.70 bits per heavy atom. The number of nitrogens with zero attached hydrogens (tertiary/aromatic N) is 5. The first-order chi connectivity index (χ1) is 14.5. The second-order valence-electron chi connectivity index (χ2n) is 7.15. The van der Waals surface area contributed by atoms with Crippen LogP contribution in [0.2, 0.25) is 0 Å². The fourth-order valence-corrected chi connectivity index (χ4v) is 3.56. The van der Waals surface area contributed by atoms with Gasteiger partial charge in [-0.1, -0.05) is 0 Å². The predicted molar refractivity (Wildman–Crippen MR) is 112 cm³/mol. The van der Waals surface area contributed by atoms with Crippen LogP contribution in [0.1, 0.15) is 18.9 Å². The van der Waals surface area contributed by atoms with E-state index in [4.69, 9.17) is 9.15 Å². The summed E-state index contributed by atoms with van der Waals surface area (Å²) < 4.78 is 11.1. The number of nitro benzene ring substituents is 1. The Kier molecular flexibility index (Phi) is 5.62. The van der Waals surface area contributed by atoms with E-state index < -0.39 is 0 Å². The summed E-state index contributed by atoms with van der Waals surface area (Å²) >= 11 is 0. The van der Waals surface area contributed by atoms with Crippen LogP contribution in [0.4, 0.5) is 11.4 Å². The number of nitro groups is 1. The first kappa shape index (κ1) is 19.8. The van der Waals surface area contributed by atoms with Gasteiger partial charge in [-0.05, 0) is 43.3 Å². The number of rotatable bonds is 6. The molecular formula is C21H23N5O4. The summed E-state index contributed by atoms with van der Waals surface area (Å²) in [7, 11) is 1.63. The highest BCUT2D eigenvalue weighted by Crippen LogP contribution is 2.27. The van der Waals surface area contributed by atoms with Crippen molar-refractivity contribution in [1.29, 1.82) is 0 Å². The molecule has 2 aromatic carbocycles. The van der Waals surface area contributed by atoms with Gasteiger partial charge in [-0.2, -0.15) is 0 Å². The van der Waals surface area contributed by atoms with Gasteiger partial charge in [0.25, 0.3) is 5.69 Å². The van der Waals surface area contributed by atoms with Gasteiger partial charge in [-0.25, -0.2) is 0 Å². The van der Waals surface area contributed by atoms with Gasteiger partial charge in [0.05, 0.1) is 18.1 Å². The van der Waals surface area contributed by atoms with Gasteiger partial charge in [-0.15, -0.1) is 10.2 Å². The lowest BCUT2D eigenvalue weighted by atomic mass is 10.2. The maximum atomic E-state index is 10.8. The number of ether oxygens (including phenoxy) is 1. The van der Waals surface area contributed by atoms with E-state index in [9.17, 15) is 10.1 Å². The van der Waals surface area contributed by atoms with Crippen molar-refractivity contribution in [3.05, 3.63) is 64.5 Å². The van der Waals surface area contributed by atoms with E-state index in [0.717, 1.165) is 43.2 Å². The van der Waals surface area contributed by atoms with E-state index >= 15 is 0 Å². The number of benzene rings is 2. The van der Waals surface area contributed by atoms with E-state index in [2.05, 4.69) is 26.9 Å². The highest BCUT2D eigenvalue weighted by molar-refractivity contribution is 5.54. The lowest BCUT2D eigenvalue weighted by Gasteiger charge is -2.38. The average molecular weight is 409 g/mol. The molecule has 9 nitrogen and oxygen atoms in total. The molecule has 2 heterocycles. The fourth-order valence-electron chi connectivity index (χ4n) is 3.56. The maximum absolute atomic E-state index is 10.8. The first-order valence-electron chi connectivity index (χ1n) is 9.76. The summed E-state index contributed by atoms with van der Waals surface area (Å²) in [5, 5.41) is 19.3. The zero-order valence-electron chi connectivity index (χ0n) is 16.9. The standard InChI is InChI=1S/C21H23N5O4/c1-15(20-22-23-21(30-20)16-3-9-19(29-2)10-4-16)24-11-13-25(14-12-24)17-5-7-18(8-6-17)26(27)28/h3-10,15H,11-14H2,1-2H3/t15-/m1/s1. The molecule has 3 aromatic rings. The molecular weight excluding hydrogens is 386 g/mol. The molecule has 0 bridgehead atoms. The molecule has 4 rings (SSSR count). The van der Waals surface area contributed by atoms with Crippen LogP contribution in [0.5, 0.6) is 5.75 Å². The van der Waals surface area contributed by atoms with Crippen LogP contribution in [0.15, 0.2) is 52.9 Å². The monoisotopic (exact) mass is 409 g/mol. The molecule has 1 atom stereocenters. The van der Waals surface area contributed by atoms with Crippen molar-refractivity contribution in [2.45, 2.75) is 13.0 Å². The molecule has 0 spiro atoms. The number of piperazine rings is 1. The van der Waals surface area contributed by atoms with Gasteiger partial charge < -0.3 is 14.1 Å². The van der Waals surface area contributed by atoms with Crippen molar-refractivity contribution in [2.24, 2.45) is 0 Å². The summed E-state index contributed by atoms with van der Waals surface area (Å²) in [6, 6.07) is 14.2. The van der Waals surface area contributed by atoms with Crippen LogP contribution < -0.4 is 9.64 Å². The summed E-state index contributed by atoms with van der Waals surface area (Å²) in [5.74, 6) is 1.85. The van der Waals surface area contributed by atoms with Crippen molar-refractivity contribution < 1.29 is 14.1 Å². The molecule has 1 saturated heterocycles. The van der Waals surface area contributed by atoms with Gasteiger partial charge in [0.2, 0.25) is 11.8 Å². The number of aromatic nitrogens is 2. The number of hydrogen-bond donors (Lipinski definition) is 0. The Morgan fingerprint density at radius 1 is 1.03 bits per heavy atom. The SMILES string of the molecule is COc1ccc(-c2nnc([C@@H](C)N3CCN(c4ccc([N+](=O)[O-])cc4)CC3)o2)cc1. The van der Waals surface area contributed by atoms with Crippen molar-refractivity contribution in [3.63, 3.8) is 0 Å². The minimum Gasteiger partial charge on any atom is -0.497 e. The smallest absolute Gasteiger partial charge is 0.269 e. The second kappa shape index (κ2) is 8.50. The Morgan fingerprint density at radius 3 is 2.30 bits per heavy atom. The molecule has 9 heteroatoms. The number of non-ortho nitro benzene ring substituents is 1. The van der Waals surface area contributed by atoms with Gasteiger partial charge in [-0.3, -0.25) is 15.0 Å². The van der Waals surface area contributed by atoms with E-state index in [1.165, 1.54) is 0 Å². The number of methoxy groups -OCH3 is 1. The molecule has 0 aliphatic carbocycles. The summed E-state index contributed by atoms with van der Waals surface area (Å²) in [4.78, 5) is 15.0. The number of hydrogen-bond acceptors (Lipinski definition) is 8. The van der Waals surface area contributed by atoms with Crippen LogP contribution in [0.25, 0.3) is 11.5 Å². The zero-order valence-corrected chi connectivity index (χ0v) is 16.9. The minimum atomic E-state index is -0.381. The van der Waals surface area contributed by atoms with Crippen LogP contribution in [-0.4, -0.2) is 53.3 Å². The summed E-state index contributed by atoms with van der Waals surface area (Å²) in [6.45, 7) is 5.37. The zero-order chi connectivity index (χ0) is 21.1. The normalized spacial score (nSPS) is 15.7. The Hall–Kier alpha value is -3.46. The van der Waals surface area contributed by atoms with Gasteiger partial charge in [0, 0.05) is 49.6 Å². The maximum Gasteiger partial charge on any atom is 0.269 e.